The Kier molecular flexibility index (Phi) is 2.67. The highest BCUT2D eigenvalue weighted by Gasteiger charge is 2.22. The molecule has 0 unspecified atom stereocenters. The van der Waals surface area contributed by atoms with Crippen LogP contribution in [0.3, 0.4) is 0 Å². The van der Waals surface area contributed by atoms with Crippen LogP contribution in [0.4, 0.5) is 0 Å². The maximum atomic E-state index is 12.4. The van der Waals surface area contributed by atoms with Crippen molar-refractivity contribution in [2.45, 2.75) is 12.8 Å². The summed E-state index contributed by atoms with van der Waals surface area (Å²) in [5, 5.41) is 0. The Labute approximate surface area is 109 Å². The van der Waals surface area contributed by atoms with Crippen LogP contribution >= 0.6 is 0 Å². The summed E-state index contributed by atoms with van der Waals surface area (Å²) in [7, 11) is 1.25. The normalized spacial score (nSPS) is 12.5. The van der Waals surface area contributed by atoms with Gasteiger partial charge < -0.3 is 4.74 Å². The van der Waals surface area contributed by atoms with Crippen molar-refractivity contribution in [1.82, 2.24) is 9.55 Å². The first kappa shape index (κ1) is 11.6. The molecule has 0 aliphatic carbocycles. The summed E-state index contributed by atoms with van der Waals surface area (Å²) in [6.45, 7) is 0. The predicted molar refractivity (Wildman–Crippen MR) is 68.6 cm³/mol. The quantitative estimate of drug-likeness (QED) is 0.717. The summed E-state index contributed by atoms with van der Waals surface area (Å²) in [6, 6.07) is 7.65. The molecule has 0 radical (unpaired) electrons. The van der Waals surface area contributed by atoms with Crippen molar-refractivity contribution in [3.05, 3.63) is 57.8 Å². The number of nitrogens with zero attached hydrogens (tertiary/aromatic N) is 2. The summed E-state index contributed by atoms with van der Waals surface area (Å²) in [5.41, 5.74) is 1.47. The van der Waals surface area contributed by atoms with Crippen molar-refractivity contribution in [2.75, 3.05) is 7.11 Å². The van der Waals surface area contributed by atoms with Gasteiger partial charge in [-0.1, -0.05) is 18.2 Å². The van der Waals surface area contributed by atoms with E-state index >= 15 is 0 Å². The number of hydrogen-bond donors (Lipinski definition) is 0. The number of esters is 1. The number of carbonyl (C=O) groups excluding carboxylic acids is 1. The molecule has 19 heavy (non-hydrogen) atoms. The SMILES string of the molecule is COC(=O)c1cnc2n(c1=O)-c1ccccc1CC2. The van der Waals surface area contributed by atoms with Crippen molar-refractivity contribution in [2.24, 2.45) is 0 Å². The van der Waals surface area contributed by atoms with Gasteiger partial charge in [-0.15, -0.1) is 0 Å². The van der Waals surface area contributed by atoms with Gasteiger partial charge in [0.2, 0.25) is 0 Å². The summed E-state index contributed by atoms with van der Waals surface area (Å²) < 4.78 is 6.11. The molecule has 1 aliphatic rings. The molecule has 1 aromatic heterocycles. The van der Waals surface area contributed by atoms with Crippen LogP contribution in [0.15, 0.2) is 35.3 Å². The minimum atomic E-state index is -0.657. The molecule has 0 bridgehead atoms. The number of rotatable bonds is 1. The Bertz CT molecular complexity index is 719. The van der Waals surface area contributed by atoms with E-state index in [4.69, 9.17) is 0 Å². The Morgan fingerprint density at radius 3 is 2.89 bits per heavy atom. The van der Waals surface area contributed by atoms with E-state index in [0.29, 0.717) is 12.2 Å². The topological polar surface area (TPSA) is 61.2 Å². The second-order valence-corrected chi connectivity index (χ2v) is 4.35. The van der Waals surface area contributed by atoms with E-state index in [1.807, 2.05) is 24.3 Å². The van der Waals surface area contributed by atoms with Gasteiger partial charge in [0.15, 0.2) is 0 Å². The van der Waals surface area contributed by atoms with Crippen molar-refractivity contribution in [3.63, 3.8) is 0 Å². The zero-order chi connectivity index (χ0) is 13.4. The number of methoxy groups -OCH3 is 1. The van der Waals surface area contributed by atoms with Gasteiger partial charge in [-0.3, -0.25) is 9.36 Å². The number of ether oxygens (including phenoxy) is 1. The van der Waals surface area contributed by atoms with Gasteiger partial charge in [0.25, 0.3) is 5.56 Å². The van der Waals surface area contributed by atoms with Crippen LogP contribution in [0, 0.1) is 0 Å². The number of aromatic nitrogens is 2. The fourth-order valence-electron chi connectivity index (χ4n) is 2.35. The monoisotopic (exact) mass is 256 g/mol. The first-order valence-electron chi connectivity index (χ1n) is 6.00. The highest BCUT2D eigenvalue weighted by atomic mass is 16.5. The molecule has 1 aromatic carbocycles. The van der Waals surface area contributed by atoms with Crippen molar-refractivity contribution < 1.29 is 9.53 Å². The van der Waals surface area contributed by atoms with E-state index in [-0.39, 0.29) is 11.1 Å². The molecule has 0 spiro atoms. The molecule has 2 heterocycles. The standard InChI is InChI=1S/C14H12N2O3/c1-19-14(18)10-8-15-12-7-6-9-4-2-3-5-11(9)16(12)13(10)17/h2-5,8H,6-7H2,1H3. The van der Waals surface area contributed by atoms with E-state index in [9.17, 15) is 9.59 Å². The van der Waals surface area contributed by atoms with Crippen molar-refractivity contribution in [3.8, 4) is 5.69 Å². The van der Waals surface area contributed by atoms with Crippen molar-refractivity contribution in [1.29, 1.82) is 0 Å². The van der Waals surface area contributed by atoms with Crippen LogP contribution in [0.2, 0.25) is 0 Å². The molecule has 0 atom stereocenters. The number of aryl methyl sites for hydroxylation is 2. The van der Waals surface area contributed by atoms with Gasteiger partial charge in [-0.2, -0.15) is 0 Å². The van der Waals surface area contributed by atoms with Gasteiger partial charge in [0.1, 0.15) is 11.4 Å². The van der Waals surface area contributed by atoms with Gasteiger partial charge in [-0.25, -0.2) is 9.78 Å². The Hall–Kier alpha value is -2.43. The zero-order valence-corrected chi connectivity index (χ0v) is 10.4. The molecule has 0 saturated carbocycles. The van der Waals surface area contributed by atoms with Crippen LogP contribution in [0.25, 0.3) is 5.69 Å². The molecule has 5 heteroatoms. The summed E-state index contributed by atoms with van der Waals surface area (Å²) in [4.78, 5) is 28.2. The van der Waals surface area contributed by atoms with Crippen LogP contribution in [0.1, 0.15) is 21.7 Å². The van der Waals surface area contributed by atoms with Crippen molar-refractivity contribution >= 4 is 5.97 Å². The lowest BCUT2D eigenvalue weighted by Gasteiger charge is -2.20. The lowest BCUT2D eigenvalue weighted by molar-refractivity contribution is 0.0597. The smallest absolute Gasteiger partial charge is 0.345 e. The highest BCUT2D eigenvalue weighted by Crippen LogP contribution is 2.21. The molecule has 2 aromatic rings. The number of para-hydroxylation sites is 1. The van der Waals surface area contributed by atoms with Gasteiger partial charge in [0.05, 0.1) is 12.8 Å². The Morgan fingerprint density at radius 2 is 2.11 bits per heavy atom. The van der Waals surface area contributed by atoms with E-state index in [1.165, 1.54) is 17.9 Å². The van der Waals surface area contributed by atoms with Gasteiger partial charge in [-0.05, 0) is 18.1 Å². The van der Waals surface area contributed by atoms with Crippen LogP contribution in [0.5, 0.6) is 0 Å². The molecule has 0 amide bonds. The molecule has 3 rings (SSSR count). The largest absolute Gasteiger partial charge is 0.465 e. The lowest BCUT2D eigenvalue weighted by Crippen LogP contribution is -2.32. The second-order valence-electron chi connectivity index (χ2n) is 4.35. The minimum Gasteiger partial charge on any atom is -0.465 e. The maximum Gasteiger partial charge on any atom is 0.345 e. The fourth-order valence-corrected chi connectivity index (χ4v) is 2.35. The molecule has 5 nitrogen and oxygen atoms in total. The van der Waals surface area contributed by atoms with Gasteiger partial charge >= 0.3 is 5.97 Å². The number of hydrogen-bond acceptors (Lipinski definition) is 4. The highest BCUT2D eigenvalue weighted by molar-refractivity contribution is 5.88. The fraction of sp³-hybridized carbons (Fsp3) is 0.214. The molecule has 1 aliphatic heterocycles. The first-order chi connectivity index (χ1) is 9.22. The first-order valence-corrected chi connectivity index (χ1v) is 6.00. The number of benzene rings is 1. The zero-order valence-electron chi connectivity index (χ0n) is 10.4. The second kappa shape index (κ2) is 4.35. The third-order valence-corrected chi connectivity index (χ3v) is 3.29. The molecular weight excluding hydrogens is 244 g/mol. The average Bonchev–Trinajstić information content (AvgIpc) is 2.46. The van der Waals surface area contributed by atoms with Crippen LogP contribution in [-0.2, 0) is 17.6 Å². The molecular formula is C14H12N2O3. The molecule has 0 fully saturated rings. The third-order valence-electron chi connectivity index (χ3n) is 3.29. The van der Waals surface area contributed by atoms with E-state index in [2.05, 4.69) is 9.72 Å². The number of fused-ring (bicyclic) bond motifs is 3. The average molecular weight is 256 g/mol. The molecule has 96 valence electrons. The van der Waals surface area contributed by atoms with Gasteiger partial charge in [0, 0.05) is 12.6 Å². The molecule has 0 N–H and O–H groups in total. The Morgan fingerprint density at radius 1 is 1.32 bits per heavy atom. The van der Waals surface area contributed by atoms with E-state index < -0.39 is 5.97 Å². The minimum absolute atomic E-state index is 0.0389. The van der Waals surface area contributed by atoms with Crippen LogP contribution in [-0.4, -0.2) is 22.6 Å². The van der Waals surface area contributed by atoms with E-state index in [1.54, 1.807) is 0 Å². The maximum absolute atomic E-state index is 12.4. The molecule has 0 saturated heterocycles. The number of carbonyl (C=O) groups is 1. The summed E-state index contributed by atoms with van der Waals surface area (Å²) in [5.74, 6) is 0.0206. The summed E-state index contributed by atoms with van der Waals surface area (Å²) in [6.07, 6.45) is 2.84. The lowest BCUT2D eigenvalue weighted by atomic mass is 10.0. The Balaban J connectivity index is 2.29. The summed E-state index contributed by atoms with van der Waals surface area (Å²) >= 11 is 0. The third kappa shape index (κ3) is 1.74. The predicted octanol–water partition coefficient (Wildman–Crippen LogP) is 1.12. The van der Waals surface area contributed by atoms with Crippen LogP contribution < -0.4 is 5.56 Å². The van der Waals surface area contributed by atoms with E-state index in [0.717, 1.165) is 17.7 Å².